The minimum Gasteiger partial charge on any atom is -0.455 e. The third-order valence-electron chi connectivity index (χ3n) is 5.37. The third-order valence-corrected chi connectivity index (χ3v) is 6.59. The molecular weight excluding hydrogens is 426 g/mol. The number of carbonyl (C=O) groups excluding carboxylic acids is 1. The highest BCUT2D eigenvalue weighted by Gasteiger charge is 2.28. The van der Waals surface area contributed by atoms with Gasteiger partial charge in [0.05, 0.1) is 10.6 Å². The average Bonchev–Trinajstić information content (AvgIpc) is 3.09. The monoisotopic (exact) mass is 451 g/mol. The first-order valence-electron chi connectivity index (χ1n) is 10.4. The maximum absolute atomic E-state index is 12.9. The molecule has 8 heteroatoms. The van der Waals surface area contributed by atoms with Gasteiger partial charge in [0.2, 0.25) is 0 Å². The Labute approximate surface area is 187 Å². The number of carbonyl (C=O) groups is 1. The van der Waals surface area contributed by atoms with Crippen molar-refractivity contribution < 1.29 is 17.6 Å². The molecular formula is C24H25N3O4S. The molecule has 4 rings (SSSR count). The lowest BCUT2D eigenvalue weighted by Crippen LogP contribution is -2.22. The van der Waals surface area contributed by atoms with E-state index >= 15 is 0 Å². The van der Waals surface area contributed by atoms with Crippen LogP contribution in [-0.4, -0.2) is 20.0 Å². The predicted molar refractivity (Wildman–Crippen MR) is 124 cm³/mol. The number of amides is 1. The Kier molecular flexibility index (Phi) is 5.88. The molecule has 0 atom stereocenters. The second-order valence-electron chi connectivity index (χ2n) is 8.00. The summed E-state index contributed by atoms with van der Waals surface area (Å²) in [6.45, 7) is 5.74. The molecule has 166 valence electrons. The summed E-state index contributed by atoms with van der Waals surface area (Å²) in [4.78, 5) is 15.4. The van der Waals surface area contributed by atoms with E-state index in [4.69, 9.17) is 4.42 Å². The van der Waals surface area contributed by atoms with Crippen molar-refractivity contribution in [3.63, 3.8) is 0 Å². The molecule has 1 aliphatic carbocycles. The lowest BCUT2D eigenvalue weighted by Gasteiger charge is -2.14. The largest absolute Gasteiger partial charge is 0.455 e. The highest BCUT2D eigenvalue weighted by molar-refractivity contribution is 7.89. The van der Waals surface area contributed by atoms with Gasteiger partial charge in [-0.2, -0.15) is 18.4 Å². The first-order valence-corrected chi connectivity index (χ1v) is 11.9. The molecule has 0 bridgehead atoms. The molecule has 2 aromatic carbocycles. The molecule has 0 fully saturated rings. The van der Waals surface area contributed by atoms with Crippen molar-refractivity contribution in [1.29, 1.82) is 0 Å². The van der Waals surface area contributed by atoms with Gasteiger partial charge in [0, 0.05) is 23.2 Å². The highest BCUT2D eigenvalue weighted by Crippen LogP contribution is 2.30. The van der Waals surface area contributed by atoms with E-state index in [1.807, 2.05) is 32.0 Å². The van der Waals surface area contributed by atoms with Crippen LogP contribution in [0.5, 0.6) is 0 Å². The second-order valence-corrected chi connectivity index (χ2v) is 9.67. The van der Waals surface area contributed by atoms with Gasteiger partial charge < -0.3 is 9.73 Å². The molecule has 0 unspecified atom stereocenters. The molecule has 1 aliphatic rings. The van der Waals surface area contributed by atoms with Crippen molar-refractivity contribution in [2.75, 3.05) is 5.32 Å². The maximum atomic E-state index is 12.9. The van der Waals surface area contributed by atoms with Crippen LogP contribution in [0.15, 0.2) is 62.9 Å². The molecule has 0 saturated carbocycles. The summed E-state index contributed by atoms with van der Waals surface area (Å²) in [5, 5.41) is 7.10. The van der Waals surface area contributed by atoms with Crippen LogP contribution >= 0.6 is 0 Å². The first kappa shape index (κ1) is 21.8. The van der Waals surface area contributed by atoms with Gasteiger partial charge in [-0.3, -0.25) is 4.79 Å². The molecule has 3 aromatic rings. The van der Waals surface area contributed by atoms with E-state index in [1.165, 1.54) is 12.1 Å². The average molecular weight is 452 g/mol. The molecule has 2 N–H and O–H groups in total. The number of benzene rings is 2. The predicted octanol–water partition coefficient (Wildman–Crippen LogP) is 4.48. The Hall–Kier alpha value is -3.39. The maximum Gasteiger partial charge on any atom is 0.291 e. The smallest absolute Gasteiger partial charge is 0.291 e. The highest BCUT2D eigenvalue weighted by atomic mass is 32.2. The number of aryl methyl sites for hydroxylation is 3. The number of nitrogens with zero attached hydrogens (tertiary/aromatic N) is 1. The number of anilines is 1. The Morgan fingerprint density at radius 2 is 1.69 bits per heavy atom. The SMILES string of the molecule is Cc1cc(C)cc(NC(=O)c2oc3c(c2C)/C(=N/NS(=O)(=O)c2ccccc2)CCC3)c1. The van der Waals surface area contributed by atoms with Crippen LogP contribution in [0.25, 0.3) is 0 Å². The Morgan fingerprint density at radius 1 is 1.00 bits per heavy atom. The van der Waals surface area contributed by atoms with Crippen LogP contribution < -0.4 is 10.1 Å². The van der Waals surface area contributed by atoms with Gasteiger partial charge in [0.15, 0.2) is 5.76 Å². The number of furan rings is 1. The van der Waals surface area contributed by atoms with E-state index in [1.54, 1.807) is 25.1 Å². The fraction of sp³-hybridized carbons (Fsp3) is 0.250. The molecule has 1 aromatic heterocycles. The van der Waals surface area contributed by atoms with Crippen LogP contribution in [0.1, 0.15) is 51.4 Å². The van der Waals surface area contributed by atoms with E-state index in [0.717, 1.165) is 17.5 Å². The minimum absolute atomic E-state index is 0.137. The summed E-state index contributed by atoms with van der Waals surface area (Å²) in [5.41, 5.74) is 4.73. The van der Waals surface area contributed by atoms with Crippen molar-refractivity contribution in [2.45, 2.75) is 44.9 Å². The zero-order chi connectivity index (χ0) is 22.9. The molecule has 0 radical (unpaired) electrons. The third kappa shape index (κ3) is 4.45. The van der Waals surface area contributed by atoms with Gasteiger partial charge in [-0.05, 0) is 69.0 Å². The number of sulfonamides is 1. The van der Waals surface area contributed by atoms with E-state index < -0.39 is 10.0 Å². The standard InChI is InChI=1S/C24H25N3O4S/c1-15-12-16(2)14-18(13-15)25-24(28)23-17(3)22-20(10-7-11-21(22)31-23)26-27-32(29,30)19-8-5-4-6-9-19/h4-6,8-9,12-14,27H,7,10-11H2,1-3H3,(H,25,28)/b26-20+. The molecule has 0 aliphatic heterocycles. The molecule has 1 amide bonds. The fourth-order valence-electron chi connectivity index (χ4n) is 4.00. The van der Waals surface area contributed by atoms with Crippen LogP contribution in [0.2, 0.25) is 0 Å². The van der Waals surface area contributed by atoms with E-state index in [9.17, 15) is 13.2 Å². The van der Waals surface area contributed by atoms with Crippen LogP contribution in [0.3, 0.4) is 0 Å². The van der Waals surface area contributed by atoms with Gasteiger partial charge in [0.25, 0.3) is 15.9 Å². The lowest BCUT2D eigenvalue weighted by atomic mass is 9.93. The number of hydrogen-bond donors (Lipinski definition) is 2. The van der Waals surface area contributed by atoms with Gasteiger partial charge >= 0.3 is 0 Å². The van der Waals surface area contributed by atoms with Crippen molar-refractivity contribution in [3.05, 3.63) is 82.3 Å². The quantitative estimate of drug-likeness (QED) is 0.559. The van der Waals surface area contributed by atoms with Crippen molar-refractivity contribution in [2.24, 2.45) is 5.10 Å². The summed E-state index contributed by atoms with van der Waals surface area (Å²) >= 11 is 0. The van der Waals surface area contributed by atoms with E-state index in [2.05, 4.69) is 15.2 Å². The number of hydrazone groups is 1. The van der Waals surface area contributed by atoms with Crippen LogP contribution in [-0.2, 0) is 16.4 Å². The Bertz CT molecular complexity index is 1290. The molecule has 0 saturated heterocycles. The summed E-state index contributed by atoms with van der Waals surface area (Å²) in [5.74, 6) is 0.526. The topological polar surface area (TPSA) is 101 Å². The molecule has 7 nitrogen and oxygen atoms in total. The van der Waals surface area contributed by atoms with Crippen LogP contribution in [0, 0.1) is 20.8 Å². The number of nitrogens with one attached hydrogen (secondary N) is 2. The summed E-state index contributed by atoms with van der Waals surface area (Å²) < 4.78 is 31.0. The number of rotatable bonds is 5. The van der Waals surface area contributed by atoms with E-state index in [0.29, 0.717) is 41.1 Å². The first-order chi connectivity index (χ1) is 15.2. The molecule has 1 heterocycles. The molecule has 32 heavy (non-hydrogen) atoms. The van der Waals surface area contributed by atoms with Gasteiger partial charge in [-0.25, -0.2) is 0 Å². The van der Waals surface area contributed by atoms with Gasteiger partial charge in [-0.1, -0.05) is 24.3 Å². The normalized spacial score (nSPS) is 14.8. The van der Waals surface area contributed by atoms with E-state index in [-0.39, 0.29) is 16.6 Å². The van der Waals surface area contributed by atoms with Crippen molar-refractivity contribution in [3.8, 4) is 0 Å². The fourth-order valence-corrected chi connectivity index (χ4v) is 4.85. The summed E-state index contributed by atoms with van der Waals surface area (Å²) in [7, 11) is -3.78. The zero-order valence-electron chi connectivity index (χ0n) is 18.2. The summed E-state index contributed by atoms with van der Waals surface area (Å²) in [6.07, 6.45) is 2.00. The van der Waals surface area contributed by atoms with Crippen LogP contribution in [0.4, 0.5) is 5.69 Å². The summed E-state index contributed by atoms with van der Waals surface area (Å²) in [6, 6.07) is 13.9. The zero-order valence-corrected chi connectivity index (χ0v) is 19.0. The minimum atomic E-state index is -3.78. The van der Waals surface area contributed by atoms with Gasteiger partial charge in [-0.15, -0.1) is 0 Å². The lowest BCUT2D eigenvalue weighted by molar-refractivity contribution is 0.0994. The molecule has 0 spiro atoms. The Morgan fingerprint density at radius 3 is 2.38 bits per heavy atom. The van der Waals surface area contributed by atoms with Gasteiger partial charge in [0.1, 0.15) is 5.76 Å². The second kappa shape index (κ2) is 8.63. The number of hydrogen-bond acceptors (Lipinski definition) is 5. The van der Waals surface area contributed by atoms with Crippen molar-refractivity contribution >= 4 is 27.3 Å². The number of fused-ring (bicyclic) bond motifs is 1. The Balaban J connectivity index is 1.61. The van der Waals surface area contributed by atoms with Crippen molar-refractivity contribution in [1.82, 2.24) is 4.83 Å².